The van der Waals surface area contributed by atoms with Crippen LogP contribution < -0.4 is 4.74 Å². The molecule has 0 fully saturated rings. The second-order valence-corrected chi connectivity index (χ2v) is 4.55. The minimum absolute atomic E-state index is 0.0557. The van der Waals surface area contributed by atoms with Crippen LogP contribution in [0, 0.1) is 0 Å². The molecule has 3 heteroatoms. The van der Waals surface area contributed by atoms with Gasteiger partial charge in [0.1, 0.15) is 11.5 Å². The molecular formula is C16H17BrO2. The van der Waals surface area contributed by atoms with E-state index in [-0.39, 0.29) is 5.78 Å². The number of halogens is 1. The van der Waals surface area contributed by atoms with E-state index in [9.17, 15) is 4.79 Å². The van der Waals surface area contributed by atoms with Crippen LogP contribution in [-0.4, -0.2) is 5.78 Å². The smallest absolute Gasteiger partial charge is 0.159 e. The number of Topliss-reactive ketones (excluding diaryl/α,β-unsaturated/α-hetero) is 1. The molecule has 0 aromatic heterocycles. The first kappa shape index (κ1) is 15.4. The highest BCUT2D eigenvalue weighted by Crippen LogP contribution is 2.23. The van der Waals surface area contributed by atoms with Gasteiger partial charge in [-0.15, -0.1) is 0 Å². The largest absolute Gasteiger partial charge is 0.457 e. The molecule has 0 amide bonds. The Kier molecular flexibility index (Phi) is 6.30. The molecule has 0 N–H and O–H groups in total. The summed E-state index contributed by atoms with van der Waals surface area (Å²) in [6.45, 7) is 5.55. The Balaban J connectivity index is 0.000000861. The molecule has 0 atom stereocenters. The standard InChI is InChI=1S/C14H11BrO2.C2H6/c1-10(16)11-2-6-13(7-3-11)17-14-8-4-12(15)5-9-14;1-2/h2-9H,1H3;1-2H3. The topological polar surface area (TPSA) is 26.3 Å². The summed E-state index contributed by atoms with van der Waals surface area (Å²) in [6, 6.07) is 14.7. The van der Waals surface area contributed by atoms with E-state index in [4.69, 9.17) is 4.74 Å². The molecule has 19 heavy (non-hydrogen) atoms. The second kappa shape index (κ2) is 7.74. The fourth-order valence-corrected chi connectivity index (χ4v) is 1.66. The van der Waals surface area contributed by atoms with E-state index in [1.807, 2.05) is 38.1 Å². The quantitative estimate of drug-likeness (QED) is 0.701. The van der Waals surface area contributed by atoms with Crippen LogP contribution in [0.5, 0.6) is 11.5 Å². The van der Waals surface area contributed by atoms with Crippen molar-refractivity contribution in [1.82, 2.24) is 0 Å². The monoisotopic (exact) mass is 320 g/mol. The Morgan fingerprint density at radius 2 is 1.32 bits per heavy atom. The summed E-state index contributed by atoms with van der Waals surface area (Å²) >= 11 is 3.36. The SMILES string of the molecule is CC.CC(=O)c1ccc(Oc2ccc(Br)cc2)cc1. The lowest BCUT2D eigenvalue weighted by Gasteiger charge is -2.05. The van der Waals surface area contributed by atoms with Gasteiger partial charge in [0.05, 0.1) is 0 Å². The van der Waals surface area contributed by atoms with E-state index in [0.29, 0.717) is 5.56 Å². The predicted molar refractivity (Wildman–Crippen MR) is 82.0 cm³/mol. The van der Waals surface area contributed by atoms with Gasteiger partial charge in [0.25, 0.3) is 0 Å². The highest BCUT2D eigenvalue weighted by molar-refractivity contribution is 9.10. The first-order valence-electron chi connectivity index (χ1n) is 6.19. The van der Waals surface area contributed by atoms with Gasteiger partial charge >= 0.3 is 0 Å². The fourth-order valence-electron chi connectivity index (χ4n) is 1.40. The number of benzene rings is 2. The fraction of sp³-hybridized carbons (Fsp3) is 0.188. The van der Waals surface area contributed by atoms with Crippen LogP contribution in [0.4, 0.5) is 0 Å². The van der Waals surface area contributed by atoms with Crippen LogP contribution in [0.2, 0.25) is 0 Å². The maximum atomic E-state index is 11.1. The Bertz CT molecular complexity index is 515. The van der Waals surface area contributed by atoms with E-state index < -0.39 is 0 Å². The second-order valence-electron chi connectivity index (χ2n) is 3.64. The van der Waals surface area contributed by atoms with Gasteiger partial charge < -0.3 is 4.74 Å². The number of rotatable bonds is 3. The Morgan fingerprint density at radius 1 is 0.895 bits per heavy atom. The molecule has 100 valence electrons. The van der Waals surface area contributed by atoms with Gasteiger partial charge in [-0.25, -0.2) is 0 Å². The van der Waals surface area contributed by atoms with Crippen molar-refractivity contribution in [3.05, 3.63) is 58.6 Å². The lowest BCUT2D eigenvalue weighted by atomic mass is 10.1. The third kappa shape index (κ3) is 4.87. The predicted octanol–water partition coefficient (Wildman–Crippen LogP) is 5.47. The molecule has 2 aromatic carbocycles. The molecule has 2 rings (SSSR count). The minimum atomic E-state index is 0.0557. The van der Waals surface area contributed by atoms with Crippen LogP contribution in [0.25, 0.3) is 0 Å². The summed E-state index contributed by atoms with van der Waals surface area (Å²) in [6.07, 6.45) is 0. The summed E-state index contributed by atoms with van der Waals surface area (Å²) in [7, 11) is 0. The number of ketones is 1. The molecule has 0 bridgehead atoms. The molecular weight excluding hydrogens is 304 g/mol. The van der Waals surface area contributed by atoms with Crippen LogP contribution in [0.3, 0.4) is 0 Å². The first-order chi connectivity index (χ1) is 9.15. The summed E-state index contributed by atoms with van der Waals surface area (Å²) in [4.78, 5) is 11.1. The molecule has 0 heterocycles. The van der Waals surface area contributed by atoms with E-state index in [0.717, 1.165) is 16.0 Å². The highest BCUT2D eigenvalue weighted by Gasteiger charge is 2.00. The van der Waals surface area contributed by atoms with Gasteiger partial charge in [-0.2, -0.15) is 0 Å². The summed E-state index contributed by atoms with van der Waals surface area (Å²) in [5, 5.41) is 0. The number of carbonyl (C=O) groups is 1. The third-order valence-corrected chi connectivity index (χ3v) is 2.84. The van der Waals surface area contributed by atoms with Crippen molar-refractivity contribution in [3.8, 4) is 11.5 Å². The van der Waals surface area contributed by atoms with E-state index in [2.05, 4.69) is 15.9 Å². The van der Waals surface area contributed by atoms with E-state index >= 15 is 0 Å². The van der Waals surface area contributed by atoms with Crippen LogP contribution >= 0.6 is 15.9 Å². The average molecular weight is 321 g/mol. The van der Waals surface area contributed by atoms with Crippen molar-refractivity contribution >= 4 is 21.7 Å². The minimum Gasteiger partial charge on any atom is -0.457 e. The Hall–Kier alpha value is -1.61. The molecule has 0 saturated carbocycles. The molecule has 0 aliphatic rings. The summed E-state index contributed by atoms with van der Waals surface area (Å²) in [5.74, 6) is 1.54. The number of hydrogen-bond acceptors (Lipinski definition) is 2. The van der Waals surface area contributed by atoms with Crippen molar-refractivity contribution < 1.29 is 9.53 Å². The number of ether oxygens (including phenoxy) is 1. The van der Waals surface area contributed by atoms with Crippen LogP contribution in [-0.2, 0) is 0 Å². The zero-order chi connectivity index (χ0) is 14.3. The lowest BCUT2D eigenvalue weighted by molar-refractivity contribution is 0.101. The van der Waals surface area contributed by atoms with Gasteiger partial charge in [0.15, 0.2) is 5.78 Å². The molecule has 0 radical (unpaired) electrons. The van der Waals surface area contributed by atoms with Gasteiger partial charge in [0, 0.05) is 10.0 Å². The van der Waals surface area contributed by atoms with Crippen molar-refractivity contribution in [3.63, 3.8) is 0 Å². The van der Waals surface area contributed by atoms with E-state index in [1.54, 1.807) is 31.2 Å². The van der Waals surface area contributed by atoms with Crippen molar-refractivity contribution in [2.24, 2.45) is 0 Å². The number of carbonyl (C=O) groups excluding carboxylic acids is 1. The molecule has 0 aliphatic carbocycles. The van der Waals surface area contributed by atoms with E-state index in [1.165, 1.54) is 0 Å². The van der Waals surface area contributed by atoms with Crippen molar-refractivity contribution in [2.75, 3.05) is 0 Å². The molecule has 2 aromatic rings. The number of hydrogen-bond donors (Lipinski definition) is 0. The highest BCUT2D eigenvalue weighted by atomic mass is 79.9. The Morgan fingerprint density at radius 3 is 1.74 bits per heavy atom. The maximum absolute atomic E-state index is 11.1. The zero-order valence-corrected chi connectivity index (χ0v) is 12.9. The van der Waals surface area contributed by atoms with Crippen molar-refractivity contribution in [1.29, 1.82) is 0 Å². The van der Waals surface area contributed by atoms with Gasteiger partial charge in [0.2, 0.25) is 0 Å². The summed E-state index contributed by atoms with van der Waals surface area (Å²) < 4.78 is 6.65. The first-order valence-corrected chi connectivity index (χ1v) is 6.99. The van der Waals surface area contributed by atoms with Crippen LogP contribution in [0.15, 0.2) is 53.0 Å². The molecule has 0 spiro atoms. The normalized spacial score (nSPS) is 9.26. The average Bonchev–Trinajstić information content (AvgIpc) is 2.44. The van der Waals surface area contributed by atoms with Crippen LogP contribution in [0.1, 0.15) is 31.1 Å². The van der Waals surface area contributed by atoms with Gasteiger partial charge in [-0.3, -0.25) is 4.79 Å². The van der Waals surface area contributed by atoms with Gasteiger partial charge in [-0.1, -0.05) is 29.8 Å². The third-order valence-electron chi connectivity index (χ3n) is 2.31. The Labute approximate surface area is 122 Å². The molecule has 0 unspecified atom stereocenters. The molecule has 2 nitrogen and oxygen atoms in total. The zero-order valence-electron chi connectivity index (χ0n) is 11.3. The molecule has 0 aliphatic heterocycles. The molecule has 0 saturated heterocycles. The summed E-state index contributed by atoms with van der Waals surface area (Å²) in [5.41, 5.74) is 0.688. The maximum Gasteiger partial charge on any atom is 0.159 e. The van der Waals surface area contributed by atoms with Crippen molar-refractivity contribution in [2.45, 2.75) is 20.8 Å². The lowest BCUT2D eigenvalue weighted by Crippen LogP contribution is -1.91. The van der Waals surface area contributed by atoms with Gasteiger partial charge in [-0.05, 0) is 55.5 Å².